The van der Waals surface area contributed by atoms with Crippen LogP contribution in [-0.4, -0.2) is 53.7 Å². The van der Waals surface area contributed by atoms with Gasteiger partial charge in [0.2, 0.25) is 0 Å². The maximum absolute atomic E-state index is 12.0. The molecule has 0 aromatic rings. The maximum atomic E-state index is 12.0. The molecule has 2 heterocycles. The molecule has 0 N–H and O–H groups in total. The van der Waals surface area contributed by atoms with Gasteiger partial charge in [0.25, 0.3) is 0 Å². The van der Waals surface area contributed by atoms with Crippen LogP contribution in [0.3, 0.4) is 0 Å². The van der Waals surface area contributed by atoms with Gasteiger partial charge >= 0.3 is 6.09 Å². The Balaban J connectivity index is 1.82. The average molecular weight is 254 g/mol. The minimum Gasteiger partial charge on any atom is -0.444 e. The Kier molecular flexibility index (Phi) is 4.15. The van der Waals surface area contributed by atoms with Gasteiger partial charge in [-0.05, 0) is 59.5 Å². The van der Waals surface area contributed by atoms with E-state index in [1.807, 2.05) is 25.7 Å². The molecule has 1 unspecified atom stereocenters. The van der Waals surface area contributed by atoms with Crippen molar-refractivity contribution in [2.45, 2.75) is 58.1 Å². The van der Waals surface area contributed by atoms with Crippen LogP contribution in [0.5, 0.6) is 0 Å². The van der Waals surface area contributed by atoms with Crippen molar-refractivity contribution in [3.63, 3.8) is 0 Å². The molecule has 0 aliphatic carbocycles. The first-order valence-corrected chi connectivity index (χ1v) is 7.18. The molecule has 0 radical (unpaired) electrons. The molecule has 2 aliphatic rings. The van der Waals surface area contributed by atoms with Crippen LogP contribution < -0.4 is 0 Å². The standard InChI is InChI=1S/C14H26N2O2/c1-14(2,3)18-13(17)16-8-4-6-12(7-11-16)15-9-5-10-15/h12H,4-11H2,1-3H3. The number of hydrogen-bond donors (Lipinski definition) is 0. The molecule has 0 aromatic heterocycles. The van der Waals surface area contributed by atoms with E-state index in [4.69, 9.17) is 4.74 Å². The van der Waals surface area contributed by atoms with Crippen LogP contribution >= 0.6 is 0 Å². The van der Waals surface area contributed by atoms with Crippen LogP contribution in [0.15, 0.2) is 0 Å². The molecule has 1 amide bonds. The fraction of sp³-hybridized carbons (Fsp3) is 0.929. The summed E-state index contributed by atoms with van der Waals surface area (Å²) in [6.45, 7) is 9.95. The van der Waals surface area contributed by atoms with Crippen molar-refractivity contribution in [3.05, 3.63) is 0 Å². The minimum atomic E-state index is -0.389. The van der Waals surface area contributed by atoms with Crippen molar-refractivity contribution in [1.82, 2.24) is 9.80 Å². The largest absolute Gasteiger partial charge is 0.444 e. The summed E-state index contributed by atoms with van der Waals surface area (Å²) in [7, 11) is 0. The first kappa shape index (κ1) is 13.7. The van der Waals surface area contributed by atoms with Crippen molar-refractivity contribution in [3.8, 4) is 0 Å². The zero-order chi connectivity index (χ0) is 13.2. The molecule has 1 atom stereocenters. The number of hydrogen-bond acceptors (Lipinski definition) is 3. The van der Waals surface area contributed by atoms with E-state index in [1.54, 1.807) is 0 Å². The lowest BCUT2D eigenvalue weighted by atomic mass is 10.0. The molecule has 4 nitrogen and oxygen atoms in total. The van der Waals surface area contributed by atoms with Gasteiger partial charge in [0.1, 0.15) is 5.60 Å². The zero-order valence-corrected chi connectivity index (χ0v) is 11.9. The normalized spacial score (nSPS) is 26.4. The Morgan fingerprint density at radius 2 is 1.78 bits per heavy atom. The smallest absolute Gasteiger partial charge is 0.410 e. The second-order valence-electron chi connectivity index (χ2n) is 6.44. The highest BCUT2D eigenvalue weighted by atomic mass is 16.6. The Labute approximate surface area is 110 Å². The zero-order valence-electron chi connectivity index (χ0n) is 11.9. The van der Waals surface area contributed by atoms with Crippen LogP contribution in [0, 0.1) is 0 Å². The van der Waals surface area contributed by atoms with E-state index in [9.17, 15) is 4.79 Å². The van der Waals surface area contributed by atoms with Gasteiger partial charge < -0.3 is 14.5 Å². The molecule has 0 spiro atoms. The first-order chi connectivity index (χ1) is 8.46. The maximum Gasteiger partial charge on any atom is 0.410 e. The van der Waals surface area contributed by atoms with Gasteiger partial charge in [-0.1, -0.05) is 0 Å². The molecule has 0 aromatic carbocycles. The number of nitrogens with zero attached hydrogens (tertiary/aromatic N) is 2. The van der Waals surface area contributed by atoms with E-state index in [-0.39, 0.29) is 11.7 Å². The summed E-state index contributed by atoms with van der Waals surface area (Å²) < 4.78 is 5.44. The second-order valence-corrected chi connectivity index (χ2v) is 6.44. The second kappa shape index (κ2) is 5.47. The summed E-state index contributed by atoms with van der Waals surface area (Å²) in [5.41, 5.74) is -0.389. The third-order valence-corrected chi connectivity index (χ3v) is 3.76. The van der Waals surface area contributed by atoms with E-state index in [2.05, 4.69) is 4.90 Å². The molecule has 0 saturated carbocycles. The lowest BCUT2D eigenvalue weighted by molar-refractivity contribution is 0.0249. The number of ether oxygens (including phenoxy) is 1. The van der Waals surface area contributed by atoms with Gasteiger partial charge in [-0.15, -0.1) is 0 Å². The fourth-order valence-electron chi connectivity index (χ4n) is 2.66. The van der Waals surface area contributed by atoms with Crippen LogP contribution in [-0.2, 0) is 4.74 Å². The third kappa shape index (κ3) is 3.61. The third-order valence-electron chi connectivity index (χ3n) is 3.76. The minimum absolute atomic E-state index is 0.147. The highest BCUT2D eigenvalue weighted by molar-refractivity contribution is 5.68. The van der Waals surface area contributed by atoms with Gasteiger partial charge in [-0.3, -0.25) is 0 Å². The first-order valence-electron chi connectivity index (χ1n) is 7.18. The van der Waals surface area contributed by atoms with Crippen LogP contribution in [0.4, 0.5) is 4.79 Å². The number of likely N-dealkylation sites (tertiary alicyclic amines) is 2. The quantitative estimate of drug-likeness (QED) is 0.720. The molecule has 18 heavy (non-hydrogen) atoms. The number of amides is 1. The number of carbonyl (C=O) groups excluding carboxylic acids is 1. The molecular formula is C14H26N2O2. The molecule has 0 bridgehead atoms. The predicted molar refractivity (Wildman–Crippen MR) is 71.6 cm³/mol. The van der Waals surface area contributed by atoms with Gasteiger partial charge in [-0.25, -0.2) is 4.79 Å². The van der Waals surface area contributed by atoms with Crippen molar-refractivity contribution in [1.29, 1.82) is 0 Å². The summed E-state index contributed by atoms with van der Waals surface area (Å²) in [4.78, 5) is 16.5. The molecule has 2 fully saturated rings. The summed E-state index contributed by atoms with van der Waals surface area (Å²) in [5.74, 6) is 0. The Bertz CT molecular complexity index is 295. The number of carbonyl (C=O) groups is 1. The summed E-state index contributed by atoms with van der Waals surface area (Å²) in [6, 6.07) is 0.686. The van der Waals surface area contributed by atoms with Crippen molar-refractivity contribution in [2.24, 2.45) is 0 Å². The van der Waals surface area contributed by atoms with Gasteiger partial charge in [0.15, 0.2) is 0 Å². The van der Waals surface area contributed by atoms with Crippen molar-refractivity contribution >= 4 is 6.09 Å². The molecule has 104 valence electrons. The number of rotatable bonds is 1. The topological polar surface area (TPSA) is 32.8 Å². The summed E-state index contributed by atoms with van der Waals surface area (Å²) in [5, 5.41) is 0. The van der Waals surface area contributed by atoms with Crippen LogP contribution in [0.1, 0.15) is 46.5 Å². The molecule has 2 rings (SSSR count). The fourth-order valence-corrected chi connectivity index (χ4v) is 2.66. The average Bonchev–Trinajstić information content (AvgIpc) is 2.38. The highest BCUT2D eigenvalue weighted by Gasteiger charge is 2.29. The van der Waals surface area contributed by atoms with Crippen molar-refractivity contribution in [2.75, 3.05) is 26.2 Å². The van der Waals surface area contributed by atoms with E-state index >= 15 is 0 Å². The van der Waals surface area contributed by atoms with Gasteiger partial charge in [0, 0.05) is 19.1 Å². The van der Waals surface area contributed by atoms with E-state index in [1.165, 1.54) is 25.9 Å². The van der Waals surface area contributed by atoms with Gasteiger partial charge in [-0.2, -0.15) is 0 Å². The predicted octanol–water partition coefficient (Wildman–Crippen LogP) is 2.48. The molecule has 4 heteroatoms. The van der Waals surface area contributed by atoms with E-state index < -0.39 is 0 Å². The Hall–Kier alpha value is -0.770. The van der Waals surface area contributed by atoms with E-state index in [0.29, 0.717) is 6.04 Å². The lowest BCUT2D eigenvalue weighted by Gasteiger charge is -2.38. The molecule has 2 aliphatic heterocycles. The van der Waals surface area contributed by atoms with Crippen LogP contribution in [0.25, 0.3) is 0 Å². The Morgan fingerprint density at radius 3 is 2.33 bits per heavy atom. The molecule has 2 saturated heterocycles. The summed E-state index contributed by atoms with van der Waals surface area (Å²) >= 11 is 0. The monoisotopic (exact) mass is 254 g/mol. The van der Waals surface area contributed by atoms with Crippen LogP contribution in [0.2, 0.25) is 0 Å². The summed E-state index contributed by atoms with van der Waals surface area (Å²) in [6.07, 6.45) is 4.61. The lowest BCUT2D eigenvalue weighted by Crippen LogP contribution is -2.45. The van der Waals surface area contributed by atoms with Crippen molar-refractivity contribution < 1.29 is 9.53 Å². The SMILES string of the molecule is CC(C)(C)OC(=O)N1CCCC(N2CCC2)CC1. The highest BCUT2D eigenvalue weighted by Crippen LogP contribution is 2.22. The van der Waals surface area contributed by atoms with Gasteiger partial charge in [0.05, 0.1) is 0 Å². The molecular weight excluding hydrogens is 228 g/mol. The van der Waals surface area contributed by atoms with E-state index in [0.717, 1.165) is 25.9 Å². The Morgan fingerprint density at radius 1 is 1.06 bits per heavy atom.